The molecule has 0 heterocycles. The Morgan fingerprint density at radius 3 is 0.778 bits per heavy atom. The highest BCUT2D eigenvalue weighted by Crippen LogP contribution is 2.18. The second-order valence-corrected chi connectivity index (χ2v) is 20.1. The summed E-state index contributed by atoms with van der Waals surface area (Å²) in [5.41, 5.74) is 0. The van der Waals surface area contributed by atoms with Gasteiger partial charge in [-0.3, -0.25) is 14.4 Å². The molecule has 0 rings (SSSR count). The lowest BCUT2D eigenvalue weighted by atomic mass is 10.0. The summed E-state index contributed by atoms with van der Waals surface area (Å²) >= 11 is 0. The number of esters is 3. The molecule has 6 nitrogen and oxygen atoms in total. The number of carbonyl (C=O) groups is 3. The van der Waals surface area contributed by atoms with Crippen molar-refractivity contribution < 1.29 is 28.6 Å². The minimum atomic E-state index is -0.761. The van der Waals surface area contributed by atoms with E-state index in [0.29, 0.717) is 19.3 Å². The number of ether oxygens (including phenoxy) is 3. The smallest absolute Gasteiger partial charge is 0.306 e. The van der Waals surface area contributed by atoms with Crippen molar-refractivity contribution in [1.29, 1.82) is 0 Å². The van der Waals surface area contributed by atoms with Crippen LogP contribution in [0.25, 0.3) is 0 Å². The molecule has 0 fully saturated rings. The van der Waals surface area contributed by atoms with Crippen LogP contribution in [0.1, 0.15) is 323 Å². The van der Waals surface area contributed by atoms with Crippen molar-refractivity contribution in [1.82, 2.24) is 0 Å². The Hall–Kier alpha value is -1.59. The van der Waals surface area contributed by atoms with E-state index in [-0.39, 0.29) is 31.1 Å². The van der Waals surface area contributed by atoms with Crippen LogP contribution >= 0.6 is 0 Å². The number of unbranched alkanes of at least 4 members (excludes halogenated alkanes) is 39. The first-order valence-corrected chi connectivity index (χ1v) is 28.4. The Bertz CT molecular complexity index is 949. The quantitative estimate of drug-likeness (QED) is 0.0344. The summed E-state index contributed by atoms with van der Waals surface area (Å²) < 4.78 is 16.8. The van der Waals surface area contributed by atoms with Crippen molar-refractivity contribution in [3.05, 3.63) is 0 Å². The zero-order valence-electron chi connectivity index (χ0n) is 43.0. The molecule has 0 aliphatic heterocycles. The normalized spacial score (nSPS) is 12.0. The van der Waals surface area contributed by atoms with Gasteiger partial charge in [-0.1, -0.05) is 285 Å². The van der Waals surface area contributed by atoms with Crippen molar-refractivity contribution in [2.24, 2.45) is 5.92 Å². The van der Waals surface area contributed by atoms with Crippen LogP contribution in [0, 0.1) is 5.92 Å². The van der Waals surface area contributed by atoms with Crippen LogP contribution in [0.3, 0.4) is 0 Å². The summed E-state index contributed by atoms with van der Waals surface area (Å²) in [5.74, 6) is 0.00278. The van der Waals surface area contributed by atoms with E-state index < -0.39 is 6.10 Å². The summed E-state index contributed by atoms with van der Waals surface area (Å²) in [6.07, 6.45) is 55.3. The molecule has 0 N–H and O–H groups in total. The molecule has 0 amide bonds. The van der Waals surface area contributed by atoms with Crippen LogP contribution in [0.2, 0.25) is 0 Å². The van der Waals surface area contributed by atoms with Gasteiger partial charge in [-0.2, -0.15) is 0 Å². The van der Waals surface area contributed by atoms with Crippen molar-refractivity contribution in [2.75, 3.05) is 13.2 Å². The van der Waals surface area contributed by atoms with E-state index in [2.05, 4.69) is 27.7 Å². The van der Waals surface area contributed by atoms with Crippen LogP contribution in [-0.4, -0.2) is 37.2 Å². The largest absolute Gasteiger partial charge is 0.462 e. The second kappa shape index (κ2) is 51.4. The maximum Gasteiger partial charge on any atom is 0.306 e. The fourth-order valence-corrected chi connectivity index (χ4v) is 8.75. The highest BCUT2D eigenvalue weighted by atomic mass is 16.6. The first-order valence-electron chi connectivity index (χ1n) is 28.4. The number of hydrogen-bond acceptors (Lipinski definition) is 6. The third kappa shape index (κ3) is 51.3. The second-order valence-electron chi connectivity index (χ2n) is 20.1. The average molecular weight is 892 g/mol. The van der Waals surface area contributed by atoms with Gasteiger partial charge < -0.3 is 14.2 Å². The van der Waals surface area contributed by atoms with Crippen LogP contribution in [0.15, 0.2) is 0 Å². The Morgan fingerprint density at radius 1 is 0.302 bits per heavy atom. The van der Waals surface area contributed by atoms with E-state index in [1.54, 1.807) is 0 Å². The zero-order chi connectivity index (χ0) is 45.9. The number of rotatable bonds is 52. The lowest BCUT2D eigenvalue weighted by Gasteiger charge is -2.18. The van der Waals surface area contributed by atoms with Gasteiger partial charge in [0, 0.05) is 19.3 Å². The summed E-state index contributed by atoms with van der Waals surface area (Å²) in [7, 11) is 0. The molecule has 0 aromatic heterocycles. The third-order valence-corrected chi connectivity index (χ3v) is 13.0. The summed E-state index contributed by atoms with van der Waals surface area (Å²) in [5, 5.41) is 0. The highest BCUT2D eigenvalue weighted by molar-refractivity contribution is 5.71. The Kier molecular flexibility index (Phi) is 50.1. The standard InChI is InChI=1S/C57H110O6/c1-5-7-9-11-13-15-16-17-18-19-20-21-22-26-29-33-37-41-45-49-56(59)62-52-54(51-61-55(58)48-44-40-36-31-14-12-10-8-6-2)63-57(60)50-46-42-38-34-30-27-24-23-25-28-32-35-39-43-47-53(3)4/h53-54H,5-52H2,1-4H3/t54-/m1/s1. The summed E-state index contributed by atoms with van der Waals surface area (Å²) in [6.45, 7) is 9.04. The summed E-state index contributed by atoms with van der Waals surface area (Å²) in [6, 6.07) is 0. The maximum atomic E-state index is 12.8. The monoisotopic (exact) mass is 891 g/mol. The first-order chi connectivity index (χ1) is 30.9. The van der Waals surface area contributed by atoms with E-state index in [4.69, 9.17) is 14.2 Å². The van der Waals surface area contributed by atoms with Gasteiger partial charge in [0.25, 0.3) is 0 Å². The van der Waals surface area contributed by atoms with Gasteiger partial charge >= 0.3 is 17.9 Å². The predicted octanol–water partition coefficient (Wildman–Crippen LogP) is 18.6. The van der Waals surface area contributed by atoms with Crippen molar-refractivity contribution >= 4 is 17.9 Å². The summed E-state index contributed by atoms with van der Waals surface area (Å²) in [4.78, 5) is 38.0. The molecule has 0 saturated carbocycles. The molecule has 0 radical (unpaired) electrons. The molecule has 0 aliphatic carbocycles. The lowest BCUT2D eigenvalue weighted by molar-refractivity contribution is -0.167. The van der Waals surface area contributed by atoms with Crippen molar-refractivity contribution in [2.45, 2.75) is 329 Å². The van der Waals surface area contributed by atoms with Gasteiger partial charge in [-0.05, 0) is 25.2 Å². The molecule has 0 saturated heterocycles. The SMILES string of the molecule is CCCCCCCCCCCCCCCCCCCCCC(=O)OC[C@@H](COC(=O)CCCCCCCCCCC)OC(=O)CCCCCCCCCCCCCCCCC(C)C. The molecule has 0 spiro atoms. The van der Waals surface area contributed by atoms with Crippen molar-refractivity contribution in [3.8, 4) is 0 Å². The minimum absolute atomic E-state index is 0.0622. The van der Waals surface area contributed by atoms with Gasteiger partial charge in [0.05, 0.1) is 0 Å². The van der Waals surface area contributed by atoms with E-state index in [0.717, 1.165) is 63.7 Å². The van der Waals surface area contributed by atoms with Crippen LogP contribution in [0.4, 0.5) is 0 Å². The fourth-order valence-electron chi connectivity index (χ4n) is 8.75. The maximum absolute atomic E-state index is 12.8. The number of hydrogen-bond donors (Lipinski definition) is 0. The molecular formula is C57H110O6. The van der Waals surface area contributed by atoms with Crippen molar-refractivity contribution in [3.63, 3.8) is 0 Å². The van der Waals surface area contributed by atoms with E-state index in [1.165, 1.54) is 218 Å². The first kappa shape index (κ1) is 61.4. The third-order valence-electron chi connectivity index (χ3n) is 13.0. The Labute approximate surface area is 393 Å². The predicted molar refractivity (Wildman–Crippen MR) is 270 cm³/mol. The Morgan fingerprint density at radius 2 is 0.524 bits per heavy atom. The van der Waals surface area contributed by atoms with E-state index in [9.17, 15) is 14.4 Å². The molecule has 1 atom stereocenters. The molecule has 0 aromatic carbocycles. The average Bonchev–Trinajstić information content (AvgIpc) is 3.27. The highest BCUT2D eigenvalue weighted by Gasteiger charge is 2.19. The molecule has 6 heteroatoms. The molecule has 63 heavy (non-hydrogen) atoms. The molecule has 374 valence electrons. The molecule has 0 unspecified atom stereocenters. The van der Waals surface area contributed by atoms with Gasteiger partial charge in [0.2, 0.25) is 0 Å². The van der Waals surface area contributed by atoms with Crippen LogP contribution < -0.4 is 0 Å². The van der Waals surface area contributed by atoms with Crippen LogP contribution in [-0.2, 0) is 28.6 Å². The lowest BCUT2D eigenvalue weighted by Crippen LogP contribution is -2.30. The molecular weight excluding hydrogens is 781 g/mol. The van der Waals surface area contributed by atoms with Crippen LogP contribution in [0.5, 0.6) is 0 Å². The van der Waals surface area contributed by atoms with E-state index in [1.807, 2.05) is 0 Å². The fraction of sp³-hybridized carbons (Fsp3) is 0.947. The molecule has 0 bridgehead atoms. The van der Waals surface area contributed by atoms with Gasteiger partial charge in [0.15, 0.2) is 6.10 Å². The number of carbonyl (C=O) groups excluding carboxylic acids is 3. The van der Waals surface area contributed by atoms with E-state index >= 15 is 0 Å². The van der Waals surface area contributed by atoms with Gasteiger partial charge in [-0.15, -0.1) is 0 Å². The van der Waals surface area contributed by atoms with Gasteiger partial charge in [-0.25, -0.2) is 0 Å². The molecule has 0 aliphatic rings. The Balaban J connectivity index is 4.21. The minimum Gasteiger partial charge on any atom is -0.462 e. The van der Waals surface area contributed by atoms with Gasteiger partial charge in [0.1, 0.15) is 13.2 Å². The molecule has 0 aromatic rings. The topological polar surface area (TPSA) is 78.9 Å². The zero-order valence-corrected chi connectivity index (χ0v) is 43.0.